The van der Waals surface area contributed by atoms with Gasteiger partial charge in [0.05, 0.1) is 11.3 Å². The van der Waals surface area contributed by atoms with Crippen LogP contribution in [0.5, 0.6) is 0 Å². The van der Waals surface area contributed by atoms with Gasteiger partial charge in [-0.25, -0.2) is 28.7 Å². The van der Waals surface area contributed by atoms with Crippen molar-refractivity contribution in [3.05, 3.63) is 65.1 Å². The number of anilines is 4. The summed E-state index contributed by atoms with van der Waals surface area (Å²) in [6.45, 7) is 2.97. The molecule has 2 N–H and O–H groups in total. The number of nitrogens with one attached hydrogen (secondary N) is 2. The fourth-order valence-electron chi connectivity index (χ4n) is 5.18. The third-order valence-corrected chi connectivity index (χ3v) is 7.99. The molecule has 1 saturated heterocycles. The van der Waals surface area contributed by atoms with Gasteiger partial charge in [0.15, 0.2) is 5.82 Å². The van der Waals surface area contributed by atoms with E-state index in [0.717, 1.165) is 11.6 Å². The Hall–Kier alpha value is -4.66. The van der Waals surface area contributed by atoms with E-state index in [1.54, 1.807) is 36.4 Å². The second-order valence-corrected chi connectivity index (χ2v) is 11.9. The summed E-state index contributed by atoms with van der Waals surface area (Å²) in [5, 5.41) is 5.79. The van der Waals surface area contributed by atoms with E-state index in [-0.39, 0.29) is 48.8 Å². The lowest BCUT2D eigenvalue weighted by Gasteiger charge is -2.32. The summed E-state index contributed by atoms with van der Waals surface area (Å²) in [6, 6.07) is 8.57. The highest BCUT2D eigenvalue weighted by Gasteiger charge is 2.36. The maximum absolute atomic E-state index is 14.0. The molecule has 0 spiro atoms. The molecule has 1 aromatic heterocycles. The quantitative estimate of drug-likeness (QED) is 0.281. The molecule has 15 heteroatoms. The van der Waals surface area contributed by atoms with Crippen LogP contribution in [0.3, 0.4) is 0 Å². The number of aromatic nitrogens is 2. The van der Waals surface area contributed by atoms with Gasteiger partial charge < -0.3 is 25.3 Å². The molecule has 3 aromatic rings. The first-order chi connectivity index (χ1) is 22.2. The van der Waals surface area contributed by atoms with Crippen molar-refractivity contribution in [1.82, 2.24) is 19.8 Å². The number of likely N-dealkylation sites (tertiary alicyclic amines) is 1. The van der Waals surface area contributed by atoms with Crippen LogP contribution in [0.4, 0.5) is 50.5 Å². The molecule has 0 saturated carbocycles. The van der Waals surface area contributed by atoms with Crippen LogP contribution >= 0.6 is 0 Å². The summed E-state index contributed by atoms with van der Waals surface area (Å²) in [4.78, 5) is 36.1. The number of aryl methyl sites for hydroxylation is 1. The molecule has 250 valence electrons. The van der Waals surface area contributed by atoms with Crippen LogP contribution in [0.2, 0.25) is 0 Å². The Labute approximate surface area is 269 Å². The number of amides is 1. The number of halogens is 5. The third kappa shape index (κ3) is 8.20. The number of likely N-dealkylation sites (N-methyl/N-ethyl adjacent to an activating group) is 2. The first-order valence-electron chi connectivity index (χ1n) is 15.0. The monoisotopic (exact) mass is 657 g/mol. The van der Waals surface area contributed by atoms with Gasteiger partial charge in [-0.1, -0.05) is 6.07 Å². The van der Waals surface area contributed by atoms with E-state index in [1.165, 1.54) is 23.4 Å². The molecular weight excluding hydrogens is 621 g/mol. The standard InChI is InChI=1S/C32H36F5N9O/c1-20-5-6-21(29(47)41-22-7-8-26(23(18-22)32(35,36)37)45(4)16-15-44(2)3)17-25(20)42-28-27-24(39-19-40-28)9-12-38-30(43-27)46-13-10-31(33,34)11-14-46/h5-8,12,17-19H,9-11,13-16H2,1-4H3,(H,41,47)(H,39,40,42). The molecule has 3 heterocycles. The Morgan fingerprint density at radius 2 is 1.77 bits per heavy atom. The zero-order valence-electron chi connectivity index (χ0n) is 26.5. The number of rotatable bonds is 8. The first kappa shape index (κ1) is 33.7. The molecule has 0 radical (unpaired) electrons. The van der Waals surface area contributed by atoms with E-state index >= 15 is 0 Å². The van der Waals surface area contributed by atoms with Crippen molar-refractivity contribution in [2.75, 3.05) is 62.9 Å². The second-order valence-electron chi connectivity index (χ2n) is 11.9. The van der Waals surface area contributed by atoms with E-state index in [2.05, 4.69) is 30.6 Å². The lowest BCUT2D eigenvalue weighted by atomic mass is 10.1. The van der Waals surface area contributed by atoms with Crippen LogP contribution < -0.4 is 15.5 Å². The fourth-order valence-corrected chi connectivity index (χ4v) is 5.18. The minimum atomic E-state index is -4.63. The lowest BCUT2D eigenvalue weighted by Crippen LogP contribution is -2.42. The summed E-state index contributed by atoms with van der Waals surface area (Å²) in [7, 11) is 5.28. The van der Waals surface area contributed by atoms with E-state index < -0.39 is 23.6 Å². The smallest absolute Gasteiger partial charge is 0.373 e. The van der Waals surface area contributed by atoms with Crippen molar-refractivity contribution in [3.8, 4) is 0 Å². The van der Waals surface area contributed by atoms with Gasteiger partial charge in [-0.3, -0.25) is 4.79 Å². The molecule has 1 amide bonds. The molecule has 47 heavy (non-hydrogen) atoms. The van der Waals surface area contributed by atoms with Crippen molar-refractivity contribution < 1.29 is 26.7 Å². The molecule has 2 aliphatic heterocycles. The zero-order valence-corrected chi connectivity index (χ0v) is 26.5. The zero-order chi connectivity index (χ0) is 33.9. The minimum Gasteiger partial charge on any atom is -0.373 e. The predicted octanol–water partition coefficient (Wildman–Crippen LogP) is 6.14. The maximum Gasteiger partial charge on any atom is 0.418 e. The number of guanidine groups is 1. The average molecular weight is 658 g/mol. The average Bonchev–Trinajstić information content (AvgIpc) is 3.24. The number of hydrogen-bond acceptors (Lipinski definition) is 9. The maximum atomic E-state index is 14.0. The largest absolute Gasteiger partial charge is 0.418 e. The predicted molar refractivity (Wildman–Crippen MR) is 173 cm³/mol. The molecule has 10 nitrogen and oxygen atoms in total. The molecular formula is C32H36F5N9O. The number of alkyl halides is 5. The molecule has 0 bridgehead atoms. The number of carbonyl (C=O) groups is 1. The molecule has 2 aliphatic rings. The fraction of sp³-hybridized carbons (Fsp3) is 0.406. The molecule has 2 aromatic carbocycles. The summed E-state index contributed by atoms with van der Waals surface area (Å²) < 4.78 is 69.7. The molecule has 0 atom stereocenters. The number of hydrogen-bond donors (Lipinski definition) is 2. The highest BCUT2D eigenvalue weighted by molar-refractivity contribution is 6.05. The van der Waals surface area contributed by atoms with Crippen molar-refractivity contribution in [2.45, 2.75) is 38.3 Å². The van der Waals surface area contributed by atoms with Crippen LogP contribution in [-0.4, -0.2) is 91.1 Å². The van der Waals surface area contributed by atoms with Crippen molar-refractivity contribution >= 4 is 46.6 Å². The summed E-state index contributed by atoms with van der Waals surface area (Å²) in [5.74, 6) is -2.72. The Balaban J connectivity index is 1.37. The first-order valence-corrected chi connectivity index (χ1v) is 15.0. The van der Waals surface area contributed by atoms with Gasteiger partial charge in [-0.05, 0) is 56.9 Å². The van der Waals surface area contributed by atoms with E-state index in [9.17, 15) is 26.7 Å². The van der Waals surface area contributed by atoms with E-state index in [0.29, 0.717) is 42.4 Å². The normalized spacial score (nSPS) is 16.0. The van der Waals surface area contributed by atoms with Crippen molar-refractivity contribution in [2.24, 2.45) is 9.98 Å². The van der Waals surface area contributed by atoms with Gasteiger partial charge in [0.25, 0.3) is 11.8 Å². The van der Waals surface area contributed by atoms with Crippen LogP contribution in [0.15, 0.2) is 52.7 Å². The molecule has 0 aliphatic carbocycles. The topological polar surface area (TPSA) is 101 Å². The Bertz CT molecular complexity index is 1680. The second kappa shape index (κ2) is 13.6. The molecule has 5 rings (SSSR count). The van der Waals surface area contributed by atoms with Crippen molar-refractivity contribution in [3.63, 3.8) is 0 Å². The third-order valence-electron chi connectivity index (χ3n) is 7.99. The summed E-state index contributed by atoms with van der Waals surface area (Å²) >= 11 is 0. The van der Waals surface area contributed by atoms with Crippen LogP contribution in [0.1, 0.15) is 40.0 Å². The Morgan fingerprint density at radius 3 is 2.47 bits per heavy atom. The van der Waals surface area contributed by atoms with Gasteiger partial charge in [0.2, 0.25) is 5.96 Å². The highest BCUT2D eigenvalue weighted by Crippen LogP contribution is 2.38. The van der Waals surface area contributed by atoms with Gasteiger partial charge in [0, 0.05) is 81.3 Å². The Kier molecular flexibility index (Phi) is 9.75. The number of aliphatic imine (C=N–C) groups is 2. The van der Waals surface area contributed by atoms with Crippen LogP contribution in [0.25, 0.3) is 0 Å². The lowest BCUT2D eigenvalue weighted by molar-refractivity contribution is -0.137. The number of nitrogens with zero attached hydrogens (tertiary/aromatic N) is 7. The minimum absolute atomic E-state index is 0.000584. The van der Waals surface area contributed by atoms with Gasteiger partial charge in [0.1, 0.15) is 12.0 Å². The summed E-state index contributed by atoms with van der Waals surface area (Å²) in [5.41, 5.74) is 1.58. The van der Waals surface area contributed by atoms with Crippen LogP contribution in [0, 0.1) is 6.92 Å². The van der Waals surface area contributed by atoms with E-state index in [1.807, 2.05) is 25.9 Å². The Morgan fingerprint density at radius 1 is 1.02 bits per heavy atom. The van der Waals surface area contributed by atoms with Crippen LogP contribution in [-0.2, 0) is 12.6 Å². The molecule has 0 unspecified atom stereocenters. The van der Waals surface area contributed by atoms with Crippen molar-refractivity contribution in [1.29, 1.82) is 0 Å². The highest BCUT2D eigenvalue weighted by atomic mass is 19.4. The van der Waals surface area contributed by atoms with Gasteiger partial charge in [-0.2, -0.15) is 13.2 Å². The number of fused-ring (bicyclic) bond motifs is 1. The molecule has 1 fully saturated rings. The van der Waals surface area contributed by atoms with E-state index in [4.69, 9.17) is 0 Å². The van der Waals surface area contributed by atoms with Gasteiger partial charge in [-0.15, -0.1) is 0 Å². The summed E-state index contributed by atoms with van der Waals surface area (Å²) in [6.07, 6.45) is -1.89. The number of carbonyl (C=O) groups excluding carboxylic acids is 1. The van der Waals surface area contributed by atoms with Gasteiger partial charge >= 0.3 is 6.18 Å². The number of piperidine rings is 1. The number of benzene rings is 2. The SMILES string of the molecule is Cc1ccc(C(=O)Nc2ccc(N(C)CCN(C)C)c(C(F)(F)F)c2)cc1Nc1ncnc2c1N=C(N1CCC(F)(F)CC1)N=CC2.